The Morgan fingerprint density at radius 1 is 0.545 bits per heavy atom. The van der Waals surface area contributed by atoms with Crippen LogP contribution in [0.5, 0.6) is 0 Å². The van der Waals surface area contributed by atoms with E-state index in [1.807, 2.05) is 0 Å². The molecule has 0 amide bonds. The SMILES string of the molecule is CC(=O)O.CC(=O)O.CC(=O)O.CC(=O)O.OCCO.[NaH].[NaH]. The van der Waals surface area contributed by atoms with Gasteiger partial charge in [0.15, 0.2) is 0 Å². The van der Waals surface area contributed by atoms with Crippen molar-refractivity contribution in [1.82, 2.24) is 0 Å². The molecule has 0 aliphatic rings. The summed E-state index contributed by atoms with van der Waals surface area (Å²) in [4.78, 5) is 36.0. The molecule has 0 aliphatic heterocycles. The van der Waals surface area contributed by atoms with Gasteiger partial charge in [-0.05, 0) is 0 Å². The minimum atomic E-state index is -0.833. The molecule has 0 aromatic rings. The van der Waals surface area contributed by atoms with Crippen LogP contribution in [-0.4, -0.2) is 127 Å². The summed E-state index contributed by atoms with van der Waals surface area (Å²) >= 11 is 0. The zero-order chi connectivity index (χ0) is 17.7. The molecule has 0 spiro atoms. The Balaban J connectivity index is -0.0000000250. The first-order valence-corrected chi connectivity index (χ1v) is 4.84. The molecule has 0 saturated carbocycles. The van der Waals surface area contributed by atoms with Gasteiger partial charge in [-0.3, -0.25) is 19.2 Å². The van der Waals surface area contributed by atoms with Crippen molar-refractivity contribution in [3.8, 4) is 0 Å². The van der Waals surface area contributed by atoms with Crippen molar-refractivity contribution in [1.29, 1.82) is 0 Å². The zero-order valence-corrected chi connectivity index (χ0v) is 11.7. The van der Waals surface area contributed by atoms with Crippen LogP contribution in [0.25, 0.3) is 0 Å². The fourth-order valence-corrected chi connectivity index (χ4v) is 0. The fraction of sp³-hybridized carbons (Fsp3) is 0.600. The van der Waals surface area contributed by atoms with E-state index < -0.39 is 23.9 Å². The molecule has 6 N–H and O–H groups in total. The number of rotatable bonds is 1. The van der Waals surface area contributed by atoms with Crippen molar-refractivity contribution in [3.63, 3.8) is 0 Å². The van der Waals surface area contributed by atoms with Gasteiger partial charge in [0.25, 0.3) is 23.9 Å². The van der Waals surface area contributed by atoms with Gasteiger partial charge in [0, 0.05) is 27.7 Å². The summed E-state index contributed by atoms with van der Waals surface area (Å²) in [5.41, 5.74) is 0. The summed E-state index contributed by atoms with van der Waals surface area (Å²) in [6, 6.07) is 0. The Labute approximate surface area is 172 Å². The summed E-state index contributed by atoms with van der Waals surface area (Å²) in [6.07, 6.45) is 0. The van der Waals surface area contributed by atoms with Crippen LogP contribution in [0.15, 0.2) is 0 Å². The van der Waals surface area contributed by atoms with Crippen molar-refractivity contribution in [3.05, 3.63) is 0 Å². The summed E-state index contributed by atoms with van der Waals surface area (Å²) < 4.78 is 0. The van der Waals surface area contributed by atoms with E-state index in [9.17, 15) is 0 Å². The summed E-state index contributed by atoms with van der Waals surface area (Å²) in [5, 5.41) is 44.9. The fourth-order valence-electron chi connectivity index (χ4n) is 0. The predicted molar refractivity (Wildman–Crippen MR) is 81.7 cm³/mol. The number of aliphatic hydroxyl groups excluding tert-OH is 2. The van der Waals surface area contributed by atoms with Crippen molar-refractivity contribution in [2.75, 3.05) is 13.2 Å². The standard InChI is InChI=1S/4C2H4O2.C2H6O2.2Na.2H/c4*1-2(3)4;3-1-2-4;;;;/h4*1H3,(H,3,4);3-4H,1-2H2;;;;. The average Bonchev–Trinajstić information content (AvgIpc) is 2.13. The molecule has 0 bridgehead atoms. The van der Waals surface area contributed by atoms with E-state index in [4.69, 9.17) is 49.8 Å². The molecule has 126 valence electrons. The first-order valence-electron chi connectivity index (χ1n) is 4.84. The molecule has 0 unspecified atom stereocenters. The third kappa shape index (κ3) is 10900. The van der Waals surface area contributed by atoms with E-state index >= 15 is 0 Å². The average molecular weight is 350 g/mol. The molecule has 12 heteroatoms. The number of aliphatic hydroxyl groups is 2. The van der Waals surface area contributed by atoms with Gasteiger partial charge >= 0.3 is 59.1 Å². The monoisotopic (exact) mass is 350 g/mol. The molecular weight excluding hydrogens is 326 g/mol. The van der Waals surface area contributed by atoms with Crippen molar-refractivity contribution < 1.29 is 49.8 Å². The summed E-state index contributed by atoms with van der Waals surface area (Å²) in [6.45, 7) is 4.08. The van der Waals surface area contributed by atoms with Crippen LogP contribution in [-0.2, 0) is 19.2 Å². The topological polar surface area (TPSA) is 190 Å². The molecule has 0 fully saturated rings. The van der Waals surface area contributed by atoms with Crippen LogP contribution in [0.3, 0.4) is 0 Å². The quantitative estimate of drug-likeness (QED) is 0.289. The maximum atomic E-state index is 9.00. The molecule has 22 heavy (non-hydrogen) atoms. The van der Waals surface area contributed by atoms with E-state index in [0.717, 1.165) is 27.7 Å². The van der Waals surface area contributed by atoms with Gasteiger partial charge in [-0.15, -0.1) is 0 Å². The predicted octanol–water partition coefficient (Wildman–Crippen LogP) is -1.96. The van der Waals surface area contributed by atoms with E-state index in [1.54, 1.807) is 0 Å². The van der Waals surface area contributed by atoms with Crippen molar-refractivity contribution >= 4 is 83.0 Å². The molecule has 10 nitrogen and oxygen atoms in total. The van der Waals surface area contributed by atoms with Crippen LogP contribution < -0.4 is 0 Å². The van der Waals surface area contributed by atoms with Gasteiger partial charge in [-0.2, -0.15) is 0 Å². The second kappa shape index (κ2) is 42.8. The molecular formula is C10H24Na2O10. The Hall–Kier alpha value is -0.200. The second-order valence-corrected chi connectivity index (χ2v) is 2.52. The van der Waals surface area contributed by atoms with Crippen molar-refractivity contribution in [2.24, 2.45) is 0 Å². The van der Waals surface area contributed by atoms with Crippen LogP contribution in [0, 0.1) is 0 Å². The number of carbonyl (C=O) groups is 4. The number of hydrogen-bond donors (Lipinski definition) is 6. The molecule has 0 aromatic carbocycles. The minimum absolute atomic E-state index is 0. The van der Waals surface area contributed by atoms with Crippen LogP contribution in [0.2, 0.25) is 0 Å². The van der Waals surface area contributed by atoms with E-state index in [2.05, 4.69) is 0 Å². The third-order valence-corrected chi connectivity index (χ3v) is 0.1000. The van der Waals surface area contributed by atoms with Gasteiger partial charge in [-0.25, -0.2) is 0 Å². The van der Waals surface area contributed by atoms with E-state index in [1.165, 1.54) is 0 Å². The van der Waals surface area contributed by atoms with Gasteiger partial charge < -0.3 is 30.6 Å². The van der Waals surface area contributed by atoms with Gasteiger partial charge in [0.2, 0.25) is 0 Å². The first-order chi connectivity index (χ1) is 8.84. The molecule has 0 rings (SSSR count). The molecule has 0 heterocycles. The normalized spacial score (nSPS) is 5.91. The van der Waals surface area contributed by atoms with E-state index in [-0.39, 0.29) is 72.3 Å². The Morgan fingerprint density at radius 3 is 0.591 bits per heavy atom. The van der Waals surface area contributed by atoms with Crippen LogP contribution in [0.4, 0.5) is 0 Å². The molecule has 0 aliphatic carbocycles. The first kappa shape index (κ1) is 43.1. The Bertz CT molecular complexity index is 192. The van der Waals surface area contributed by atoms with Gasteiger partial charge in [0.1, 0.15) is 0 Å². The van der Waals surface area contributed by atoms with Crippen LogP contribution in [0.1, 0.15) is 27.7 Å². The number of aliphatic carboxylic acids is 4. The van der Waals surface area contributed by atoms with Crippen molar-refractivity contribution in [2.45, 2.75) is 27.7 Å². The molecule has 0 atom stereocenters. The van der Waals surface area contributed by atoms with Gasteiger partial charge in [-0.1, -0.05) is 0 Å². The molecule has 0 aromatic heterocycles. The number of carboxylic acid groups (broad SMARTS) is 4. The summed E-state index contributed by atoms with van der Waals surface area (Å²) in [5.74, 6) is -3.33. The number of hydrogen-bond acceptors (Lipinski definition) is 6. The van der Waals surface area contributed by atoms with Gasteiger partial charge in [0.05, 0.1) is 13.2 Å². The zero-order valence-electron chi connectivity index (χ0n) is 11.7. The Morgan fingerprint density at radius 2 is 0.591 bits per heavy atom. The summed E-state index contributed by atoms with van der Waals surface area (Å²) in [7, 11) is 0. The second-order valence-electron chi connectivity index (χ2n) is 2.52. The Kier molecular flexibility index (Phi) is 83.8. The molecule has 0 saturated heterocycles. The third-order valence-electron chi connectivity index (χ3n) is 0.1000. The number of carboxylic acids is 4. The molecule has 0 radical (unpaired) electrons. The van der Waals surface area contributed by atoms with Crippen LogP contribution >= 0.6 is 0 Å². The maximum absolute atomic E-state index is 9.00. The van der Waals surface area contributed by atoms with E-state index in [0.29, 0.717) is 0 Å².